The molecule has 2 aliphatic heterocycles. The smallest absolute Gasteiger partial charge is 0.234 e. The van der Waals surface area contributed by atoms with Crippen molar-refractivity contribution in [1.29, 1.82) is 0 Å². The van der Waals surface area contributed by atoms with E-state index in [9.17, 15) is 4.79 Å². The number of nitrogens with zero attached hydrogens (tertiary/aromatic N) is 4. The summed E-state index contributed by atoms with van der Waals surface area (Å²) in [4.78, 5) is 11.7. The first-order valence-corrected chi connectivity index (χ1v) is 13.1. The van der Waals surface area contributed by atoms with E-state index in [0.29, 0.717) is 10.1 Å². The Balaban J connectivity index is 1.66. The first-order chi connectivity index (χ1) is 18.0. The third-order valence-corrected chi connectivity index (χ3v) is 8.06. The number of carbonyl (C=O) groups is 1. The molecular formula is C30H23ClN4OS. The van der Waals surface area contributed by atoms with Gasteiger partial charge in [0.15, 0.2) is 10.8 Å². The lowest BCUT2D eigenvalue weighted by atomic mass is 9.93. The van der Waals surface area contributed by atoms with Crippen molar-refractivity contribution >= 4 is 51.3 Å². The number of thioether (sulfide) groups is 1. The van der Waals surface area contributed by atoms with Crippen LogP contribution < -0.4 is 10.0 Å². The number of ketones is 1. The summed E-state index contributed by atoms with van der Waals surface area (Å²) in [5.74, 6) is -0.104. The van der Waals surface area contributed by atoms with Gasteiger partial charge in [-0.25, -0.2) is 10.0 Å². The number of benzene rings is 4. The van der Waals surface area contributed by atoms with Gasteiger partial charge in [-0.05, 0) is 49.0 Å². The molecule has 0 amide bonds. The minimum atomic E-state index is -0.988. The first kappa shape index (κ1) is 23.5. The van der Waals surface area contributed by atoms with Crippen LogP contribution in [0.2, 0.25) is 5.02 Å². The van der Waals surface area contributed by atoms with Gasteiger partial charge in [0.25, 0.3) is 0 Å². The third-order valence-electron chi connectivity index (χ3n) is 6.42. The van der Waals surface area contributed by atoms with Gasteiger partial charge in [0.2, 0.25) is 4.99 Å². The molecule has 0 bridgehead atoms. The van der Waals surface area contributed by atoms with Crippen molar-refractivity contribution < 1.29 is 4.79 Å². The molecule has 0 aliphatic carbocycles. The molecular weight excluding hydrogens is 500 g/mol. The number of anilines is 2. The van der Waals surface area contributed by atoms with Crippen molar-refractivity contribution in [3.63, 3.8) is 0 Å². The fourth-order valence-electron chi connectivity index (χ4n) is 4.68. The van der Waals surface area contributed by atoms with Gasteiger partial charge in [-0.15, -0.1) is 0 Å². The van der Waals surface area contributed by atoms with E-state index in [1.165, 1.54) is 17.3 Å². The average Bonchev–Trinajstić information content (AvgIpc) is 3.32. The number of aryl methyl sites for hydroxylation is 1. The Morgan fingerprint density at radius 3 is 2.22 bits per heavy atom. The SMILES string of the molecule is CC(=O)C1=NN(c2cccc(Cl)c2)[C@@]2(S1)c1ccccc1C(c1ccc(C)cc1)=NN2c1ccccc1. The summed E-state index contributed by atoms with van der Waals surface area (Å²) in [6.07, 6.45) is 0. The van der Waals surface area contributed by atoms with Crippen LogP contribution in [0.1, 0.15) is 29.2 Å². The summed E-state index contributed by atoms with van der Waals surface area (Å²) in [5, 5.41) is 15.0. The monoisotopic (exact) mass is 522 g/mol. The Bertz CT molecular complexity index is 1570. The van der Waals surface area contributed by atoms with Crippen LogP contribution in [0.25, 0.3) is 0 Å². The summed E-state index contributed by atoms with van der Waals surface area (Å²) in [7, 11) is 0. The molecule has 5 nitrogen and oxygen atoms in total. The molecule has 182 valence electrons. The molecule has 0 saturated carbocycles. The Morgan fingerprint density at radius 1 is 0.811 bits per heavy atom. The van der Waals surface area contributed by atoms with Crippen LogP contribution in [0.3, 0.4) is 0 Å². The number of carbonyl (C=O) groups excluding carboxylic acids is 1. The molecule has 0 radical (unpaired) electrons. The Morgan fingerprint density at radius 2 is 1.49 bits per heavy atom. The number of fused-ring (bicyclic) bond motifs is 2. The zero-order chi connectivity index (χ0) is 25.6. The lowest BCUT2D eigenvalue weighted by Crippen LogP contribution is -2.54. The predicted molar refractivity (Wildman–Crippen MR) is 153 cm³/mol. The van der Waals surface area contributed by atoms with Gasteiger partial charge < -0.3 is 0 Å². The molecule has 0 fully saturated rings. The van der Waals surface area contributed by atoms with E-state index in [0.717, 1.165) is 33.8 Å². The highest BCUT2D eigenvalue weighted by Gasteiger charge is 2.55. The van der Waals surface area contributed by atoms with Gasteiger partial charge >= 0.3 is 0 Å². The fraction of sp³-hybridized carbons (Fsp3) is 0.100. The second-order valence-electron chi connectivity index (χ2n) is 8.97. The minimum absolute atomic E-state index is 0.104. The Hall–Kier alpha value is -3.87. The van der Waals surface area contributed by atoms with Crippen LogP contribution in [-0.2, 0) is 9.79 Å². The highest BCUT2D eigenvalue weighted by Crippen LogP contribution is 2.55. The van der Waals surface area contributed by atoms with Crippen molar-refractivity contribution in [3.8, 4) is 0 Å². The summed E-state index contributed by atoms with van der Waals surface area (Å²) >= 11 is 7.83. The highest BCUT2D eigenvalue weighted by molar-refractivity contribution is 8.17. The second kappa shape index (κ2) is 9.21. The Labute approximate surface area is 225 Å². The molecule has 37 heavy (non-hydrogen) atoms. The van der Waals surface area contributed by atoms with E-state index < -0.39 is 4.99 Å². The summed E-state index contributed by atoms with van der Waals surface area (Å²) < 4.78 is 0. The average molecular weight is 523 g/mol. The van der Waals surface area contributed by atoms with Gasteiger partial charge in [-0.3, -0.25) is 4.79 Å². The maximum atomic E-state index is 12.7. The molecule has 2 heterocycles. The van der Waals surface area contributed by atoms with E-state index in [1.807, 2.05) is 76.7 Å². The van der Waals surface area contributed by atoms with Crippen molar-refractivity contribution in [2.45, 2.75) is 18.8 Å². The van der Waals surface area contributed by atoms with Gasteiger partial charge in [0.1, 0.15) is 0 Å². The first-order valence-electron chi connectivity index (χ1n) is 11.9. The van der Waals surface area contributed by atoms with Crippen molar-refractivity contribution in [2.24, 2.45) is 10.2 Å². The van der Waals surface area contributed by atoms with E-state index in [1.54, 1.807) is 6.92 Å². The standard InChI is InChI=1S/C30H23ClN4OS/c1-20-15-17-22(18-16-20)28-26-13-6-7-14-27(26)30(34(32-28)24-10-4-3-5-11-24)35(33-29(37-30)21(2)36)25-12-8-9-23(31)19-25/h3-19H,1-2H3/t30-/m1/s1. The van der Waals surface area contributed by atoms with Crippen LogP contribution in [0.4, 0.5) is 11.4 Å². The largest absolute Gasteiger partial charge is 0.292 e. The lowest BCUT2D eigenvalue weighted by Gasteiger charge is -2.47. The minimum Gasteiger partial charge on any atom is -0.292 e. The molecule has 0 saturated heterocycles. The molecule has 6 rings (SSSR count). The van der Waals surface area contributed by atoms with E-state index in [-0.39, 0.29) is 5.78 Å². The number of halogens is 1. The van der Waals surface area contributed by atoms with Crippen LogP contribution in [0.15, 0.2) is 113 Å². The normalized spacial score (nSPS) is 18.5. The lowest BCUT2D eigenvalue weighted by molar-refractivity contribution is -0.110. The van der Waals surface area contributed by atoms with Crippen LogP contribution in [0.5, 0.6) is 0 Å². The number of hydrogen-bond acceptors (Lipinski definition) is 6. The fourth-order valence-corrected chi connectivity index (χ4v) is 6.15. The van der Waals surface area contributed by atoms with Crippen LogP contribution in [-0.4, -0.2) is 16.5 Å². The molecule has 1 spiro atoms. The third kappa shape index (κ3) is 3.93. The molecule has 4 aromatic carbocycles. The molecule has 0 unspecified atom stereocenters. The van der Waals surface area contributed by atoms with Crippen molar-refractivity contribution in [3.05, 3.63) is 130 Å². The van der Waals surface area contributed by atoms with Crippen molar-refractivity contribution in [2.75, 3.05) is 10.0 Å². The summed E-state index contributed by atoms with van der Waals surface area (Å²) in [5.41, 5.74) is 6.66. The molecule has 1 atom stereocenters. The van der Waals surface area contributed by atoms with Gasteiger partial charge in [0.05, 0.1) is 17.1 Å². The van der Waals surface area contributed by atoms with Crippen LogP contribution in [0, 0.1) is 6.92 Å². The molecule has 0 N–H and O–H groups in total. The maximum Gasteiger partial charge on any atom is 0.234 e. The van der Waals surface area contributed by atoms with Crippen LogP contribution >= 0.6 is 23.4 Å². The van der Waals surface area contributed by atoms with Gasteiger partial charge in [-0.1, -0.05) is 90.0 Å². The van der Waals surface area contributed by atoms with E-state index in [4.69, 9.17) is 21.8 Å². The quantitative estimate of drug-likeness (QED) is 0.284. The number of Topliss-reactive ketones (excluding diaryl/α,β-unsaturated/α-hetero) is 1. The molecule has 4 aromatic rings. The maximum absolute atomic E-state index is 12.7. The van der Waals surface area contributed by atoms with Crippen molar-refractivity contribution in [1.82, 2.24) is 0 Å². The zero-order valence-corrected chi connectivity index (χ0v) is 21.9. The topological polar surface area (TPSA) is 48.3 Å². The summed E-state index contributed by atoms with van der Waals surface area (Å²) in [6.45, 7) is 3.62. The highest BCUT2D eigenvalue weighted by atomic mass is 35.5. The molecule has 2 aliphatic rings. The number of hydrazone groups is 2. The van der Waals surface area contributed by atoms with E-state index >= 15 is 0 Å². The van der Waals surface area contributed by atoms with Gasteiger partial charge in [-0.2, -0.15) is 10.2 Å². The number of para-hydroxylation sites is 1. The number of rotatable bonds is 4. The Kier molecular flexibility index (Phi) is 5.86. The zero-order valence-electron chi connectivity index (χ0n) is 20.3. The molecule has 7 heteroatoms. The molecule has 0 aromatic heterocycles. The van der Waals surface area contributed by atoms with Gasteiger partial charge in [0, 0.05) is 28.6 Å². The number of hydrogen-bond donors (Lipinski definition) is 0. The second-order valence-corrected chi connectivity index (χ2v) is 10.6. The predicted octanol–water partition coefficient (Wildman–Crippen LogP) is 7.19. The summed E-state index contributed by atoms with van der Waals surface area (Å²) in [6, 6.07) is 34.1. The van der Waals surface area contributed by atoms with E-state index in [2.05, 4.69) is 43.3 Å².